The maximum Gasteiger partial charge on any atom is 0.257 e. The molecule has 0 radical (unpaired) electrons. The largest absolute Gasteiger partial charge is 0.336 e. The van der Waals surface area contributed by atoms with Crippen LogP contribution in [0.1, 0.15) is 10.4 Å². The normalized spacial score (nSPS) is 23.0. The fourth-order valence-corrected chi connectivity index (χ4v) is 4.26. The highest BCUT2D eigenvalue weighted by atomic mass is 32.1. The Hall–Kier alpha value is -1.70. The maximum absolute atomic E-state index is 13.0. The number of nitrogens with one attached hydrogen (secondary N) is 1. The molecule has 0 saturated carbocycles. The number of rotatable bonds is 2. The molecule has 1 amide bonds. The quantitative estimate of drug-likeness (QED) is 0.899. The first kappa shape index (κ1) is 14.9. The second kappa shape index (κ2) is 6.07. The van der Waals surface area contributed by atoms with E-state index in [4.69, 9.17) is 0 Å². The molecule has 2 fully saturated rings. The average molecular weight is 331 g/mol. The van der Waals surface area contributed by atoms with Crippen LogP contribution in [0.25, 0.3) is 10.6 Å². The van der Waals surface area contributed by atoms with Crippen molar-refractivity contribution in [2.45, 2.75) is 6.04 Å². The van der Waals surface area contributed by atoms with Crippen molar-refractivity contribution in [3.63, 3.8) is 0 Å². The summed E-state index contributed by atoms with van der Waals surface area (Å²) >= 11 is 1.62. The molecule has 2 aromatic heterocycles. The fourth-order valence-electron chi connectivity index (χ4n) is 3.52. The van der Waals surface area contributed by atoms with Gasteiger partial charge in [0.2, 0.25) is 0 Å². The molecule has 2 aliphatic heterocycles. The molecule has 6 nitrogen and oxygen atoms in total. The Bertz CT molecular complexity index is 682. The summed E-state index contributed by atoms with van der Waals surface area (Å²) < 4.78 is 0. The number of H-pyrrole nitrogens is 1. The molecule has 4 heterocycles. The van der Waals surface area contributed by atoms with E-state index in [1.807, 2.05) is 22.4 Å². The topological polar surface area (TPSA) is 55.5 Å². The Morgan fingerprint density at radius 3 is 3.00 bits per heavy atom. The zero-order chi connectivity index (χ0) is 15.8. The van der Waals surface area contributed by atoms with E-state index >= 15 is 0 Å². The number of aromatic nitrogens is 2. The SMILES string of the molecule is CN1CCN2CCN(C(=O)c3cn[nH]c3-c3cccs3)CC2C1. The van der Waals surface area contributed by atoms with Crippen LogP contribution in [0.15, 0.2) is 23.7 Å². The van der Waals surface area contributed by atoms with Crippen molar-refractivity contribution in [1.29, 1.82) is 0 Å². The second-order valence-corrected chi connectivity index (χ2v) is 7.29. The van der Waals surface area contributed by atoms with Crippen molar-refractivity contribution >= 4 is 17.2 Å². The number of piperazine rings is 2. The Balaban J connectivity index is 1.53. The highest BCUT2D eigenvalue weighted by Gasteiger charge is 2.34. The Morgan fingerprint density at radius 1 is 1.30 bits per heavy atom. The number of likely N-dealkylation sites (N-methyl/N-ethyl adjacent to an activating group) is 1. The molecule has 4 rings (SSSR count). The van der Waals surface area contributed by atoms with Gasteiger partial charge in [-0.25, -0.2) is 0 Å². The van der Waals surface area contributed by atoms with Gasteiger partial charge in [-0.1, -0.05) is 6.07 Å². The van der Waals surface area contributed by atoms with Crippen molar-refractivity contribution < 1.29 is 4.79 Å². The second-order valence-electron chi connectivity index (χ2n) is 6.34. The molecule has 1 N–H and O–H groups in total. The molecule has 1 atom stereocenters. The number of aromatic amines is 1. The first-order valence-electron chi connectivity index (χ1n) is 8.01. The molecule has 1 unspecified atom stereocenters. The van der Waals surface area contributed by atoms with Crippen LogP contribution in [0.2, 0.25) is 0 Å². The first-order valence-corrected chi connectivity index (χ1v) is 8.89. The van der Waals surface area contributed by atoms with Crippen molar-refractivity contribution in [2.24, 2.45) is 0 Å². The maximum atomic E-state index is 13.0. The summed E-state index contributed by atoms with van der Waals surface area (Å²) in [5, 5.41) is 9.10. The molecule has 0 aliphatic carbocycles. The number of fused-ring (bicyclic) bond motifs is 1. The van der Waals surface area contributed by atoms with Crippen LogP contribution in [0.4, 0.5) is 0 Å². The van der Waals surface area contributed by atoms with Gasteiger partial charge >= 0.3 is 0 Å². The molecule has 2 aromatic rings. The van der Waals surface area contributed by atoms with Gasteiger partial charge in [-0.15, -0.1) is 11.3 Å². The summed E-state index contributed by atoms with van der Waals surface area (Å²) in [6, 6.07) is 4.46. The fraction of sp³-hybridized carbons (Fsp3) is 0.500. The number of hydrogen-bond acceptors (Lipinski definition) is 5. The number of hydrogen-bond donors (Lipinski definition) is 1. The Morgan fingerprint density at radius 2 is 2.17 bits per heavy atom. The van der Waals surface area contributed by atoms with Gasteiger partial charge in [0.25, 0.3) is 5.91 Å². The van der Waals surface area contributed by atoms with Crippen LogP contribution in [0, 0.1) is 0 Å². The minimum atomic E-state index is 0.0926. The minimum Gasteiger partial charge on any atom is -0.336 e. The van der Waals surface area contributed by atoms with Crippen LogP contribution >= 0.6 is 11.3 Å². The van der Waals surface area contributed by atoms with Crippen LogP contribution in [-0.4, -0.2) is 83.2 Å². The summed E-state index contributed by atoms with van der Waals surface area (Å²) in [4.78, 5) is 20.9. The standard InChI is InChI=1S/C16H21N5OS/c1-19-4-5-20-6-7-21(11-12(20)10-19)16(22)13-9-17-18-15(13)14-3-2-8-23-14/h2-3,8-9,12H,4-7,10-11H2,1H3,(H,17,18). The third-order valence-electron chi connectivity index (χ3n) is 4.82. The van der Waals surface area contributed by atoms with E-state index in [0.29, 0.717) is 11.6 Å². The lowest BCUT2D eigenvalue weighted by Crippen LogP contribution is -2.62. The first-order chi connectivity index (χ1) is 11.2. The van der Waals surface area contributed by atoms with E-state index in [1.165, 1.54) is 0 Å². The van der Waals surface area contributed by atoms with Crippen molar-refractivity contribution in [3.05, 3.63) is 29.3 Å². The molecule has 0 bridgehead atoms. The molecule has 2 saturated heterocycles. The lowest BCUT2D eigenvalue weighted by Gasteiger charge is -2.46. The minimum absolute atomic E-state index is 0.0926. The summed E-state index contributed by atoms with van der Waals surface area (Å²) in [6.45, 7) is 5.83. The predicted molar refractivity (Wildman–Crippen MR) is 90.7 cm³/mol. The van der Waals surface area contributed by atoms with Gasteiger partial charge in [0.1, 0.15) is 0 Å². The van der Waals surface area contributed by atoms with E-state index in [2.05, 4.69) is 27.0 Å². The van der Waals surface area contributed by atoms with Crippen molar-refractivity contribution in [2.75, 3.05) is 46.3 Å². The van der Waals surface area contributed by atoms with Crippen molar-refractivity contribution in [1.82, 2.24) is 24.9 Å². The third kappa shape index (κ3) is 2.80. The molecule has 0 aromatic carbocycles. The van der Waals surface area contributed by atoms with Gasteiger partial charge in [0.05, 0.1) is 22.3 Å². The van der Waals surface area contributed by atoms with E-state index in [0.717, 1.165) is 49.8 Å². The predicted octanol–water partition coefficient (Wildman–Crippen LogP) is 1.21. The van der Waals surface area contributed by atoms with Crippen molar-refractivity contribution in [3.8, 4) is 10.6 Å². The van der Waals surface area contributed by atoms with E-state index in [9.17, 15) is 4.79 Å². The van der Waals surface area contributed by atoms with Crippen LogP contribution in [0.5, 0.6) is 0 Å². The van der Waals surface area contributed by atoms with Gasteiger partial charge < -0.3 is 9.80 Å². The molecular weight excluding hydrogens is 310 g/mol. The van der Waals surface area contributed by atoms with E-state index in [1.54, 1.807) is 17.5 Å². The lowest BCUT2D eigenvalue weighted by molar-refractivity contribution is 0.0190. The zero-order valence-electron chi connectivity index (χ0n) is 13.2. The number of amides is 1. The van der Waals surface area contributed by atoms with E-state index < -0.39 is 0 Å². The summed E-state index contributed by atoms with van der Waals surface area (Å²) in [6.07, 6.45) is 1.66. The van der Waals surface area contributed by atoms with Gasteiger partial charge in [0, 0.05) is 45.3 Å². The molecular formula is C16H21N5OS. The monoisotopic (exact) mass is 331 g/mol. The van der Waals surface area contributed by atoms with Gasteiger partial charge in [-0.05, 0) is 18.5 Å². The highest BCUT2D eigenvalue weighted by molar-refractivity contribution is 7.13. The Labute approximate surface area is 139 Å². The van der Waals surface area contributed by atoms with E-state index in [-0.39, 0.29) is 5.91 Å². The third-order valence-corrected chi connectivity index (χ3v) is 5.71. The van der Waals surface area contributed by atoms with Crippen LogP contribution in [-0.2, 0) is 0 Å². The average Bonchev–Trinajstić information content (AvgIpc) is 3.24. The molecule has 7 heteroatoms. The molecule has 2 aliphatic rings. The molecule has 122 valence electrons. The zero-order valence-corrected chi connectivity index (χ0v) is 14.1. The smallest absolute Gasteiger partial charge is 0.257 e. The number of nitrogens with zero attached hydrogens (tertiary/aromatic N) is 4. The molecule has 0 spiro atoms. The summed E-state index contributed by atoms with van der Waals surface area (Å²) in [5.41, 5.74) is 1.53. The summed E-state index contributed by atoms with van der Waals surface area (Å²) in [7, 11) is 2.16. The number of thiophene rings is 1. The lowest BCUT2D eigenvalue weighted by atomic mass is 10.1. The van der Waals surface area contributed by atoms with Crippen LogP contribution in [0.3, 0.4) is 0 Å². The Kier molecular flexibility index (Phi) is 3.92. The number of carbonyl (C=O) groups excluding carboxylic acids is 1. The van der Waals surface area contributed by atoms with Crippen LogP contribution < -0.4 is 0 Å². The molecule has 23 heavy (non-hydrogen) atoms. The highest BCUT2D eigenvalue weighted by Crippen LogP contribution is 2.27. The van der Waals surface area contributed by atoms with Gasteiger partial charge in [-0.2, -0.15) is 5.10 Å². The van der Waals surface area contributed by atoms with Gasteiger partial charge in [0.15, 0.2) is 0 Å². The summed E-state index contributed by atoms with van der Waals surface area (Å²) in [5.74, 6) is 0.0926. The number of carbonyl (C=O) groups is 1. The van der Waals surface area contributed by atoms with Gasteiger partial charge in [-0.3, -0.25) is 14.8 Å².